The summed E-state index contributed by atoms with van der Waals surface area (Å²) < 4.78 is 37.0. The number of aryl methyl sites for hydroxylation is 2. The Kier molecular flexibility index (Phi) is 35.8. The summed E-state index contributed by atoms with van der Waals surface area (Å²) in [5.74, 6) is 1.66. The monoisotopic (exact) mass is 597 g/mol. The third-order valence-corrected chi connectivity index (χ3v) is 7.53. The van der Waals surface area contributed by atoms with E-state index in [4.69, 9.17) is 10.8 Å². The molecular formula is C32H67F3N3OP. The summed E-state index contributed by atoms with van der Waals surface area (Å²) in [6.45, 7) is 17.8. The second-order valence-corrected chi connectivity index (χ2v) is 11.6. The molecule has 0 aliphatic rings. The lowest BCUT2D eigenvalue weighted by Gasteiger charge is -2.27. The largest absolute Gasteiger partial charge is 0.418 e. The Hall–Kier alpha value is -0.880. The molecule has 1 aromatic rings. The molecule has 0 saturated carbocycles. The summed E-state index contributed by atoms with van der Waals surface area (Å²) in [5.41, 5.74) is 9.92. The van der Waals surface area contributed by atoms with Crippen molar-refractivity contribution in [2.24, 2.45) is 17.6 Å². The van der Waals surface area contributed by atoms with Crippen LogP contribution >= 0.6 is 8.58 Å². The molecule has 0 aromatic heterocycles. The van der Waals surface area contributed by atoms with Gasteiger partial charge in [0.05, 0.1) is 5.56 Å². The van der Waals surface area contributed by atoms with Crippen molar-refractivity contribution in [2.45, 2.75) is 113 Å². The van der Waals surface area contributed by atoms with Crippen molar-refractivity contribution in [3.05, 3.63) is 28.8 Å². The highest BCUT2D eigenvalue weighted by Gasteiger charge is 2.33. The van der Waals surface area contributed by atoms with Gasteiger partial charge in [-0.15, -0.1) is 8.58 Å². The van der Waals surface area contributed by atoms with Gasteiger partial charge in [-0.05, 0) is 103 Å². The Morgan fingerprint density at radius 1 is 0.900 bits per heavy atom. The number of alkyl halides is 3. The second-order valence-electron chi connectivity index (χ2n) is 9.92. The molecule has 0 spiro atoms. The maximum atomic E-state index is 12.3. The van der Waals surface area contributed by atoms with Crippen LogP contribution in [0.5, 0.6) is 0 Å². The summed E-state index contributed by atoms with van der Waals surface area (Å²) in [4.78, 5) is 2.28. The fraction of sp³-hybridized carbons (Fsp3) is 0.812. The molecule has 0 bridgehead atoms. The Labute approximate surface area is 249 Å². The van der Waals surface area contributed by atoms with Crippen molar-refractivity contribution in [1.29, 1.82) is 0 Å². The zero-order chi connectivity index (χ0) is 32.1. The Bertz CT molecular complexity index is 655. The van der Waals surface area contributed by atoms with Crippen LogP contribution in [0.4, 0.5) is 18.9 Å². The first-order valence-electron chi connectivity index (χ1n) is 15.4. The zero-order valence-electron chi connectivity index (χ0n) is 28.0. The molecule has 242 valence electrons. The van der Waals surface area contributed by atoms with Gasteiger partial charge in [0.25, 0.3) is 0 Å². The third-order valence-electron chi connectivity index (χ3n) is 6.32. The van der Waals surface area contributed by atoms with Gasteiger partial charge >= 0.3 is 6.18 Å². The highest BCUT2D eigenvalue weighted by Crippen LogP contribution is 2.35. The fourth-order valence-corrected chi connectivity index (χ4v) is 5.19. The van der Waals surface area contributed by atoms with Crippen LogP contribution in [0.25, 0.3) is 0 Å². The average molecular weight is 598 g/mol. The Balaban J connectivity index is -0.000000241. The lowest BCUT2D eigenvalue weighted by Crippen LogP contribution is -2.21. The predicted molar refractivity (Wildman–Crippen MR) is 177 cm³/mol. The highest BCUT2D eigenvalue weighted by atomic mass is 31.1. The van der Waals surface area contributed by atoms with E-state index >= 15 is 0 Å². The van der Waals surface area contributed by atoms with Crippen LogP contribution in [0, 0.1) is 25.7 Å². The number of rotatable bonds is 14. The SMILES string of the molecule is CC.CCCC(CCCO)C(CC)CCN(C)C.CCCCPCC.CN.Cc1cc(C)c(N)c(C(F)(F)F)c1. The number of nitrogen functional groups attached to an aromatic ring is 1. The van der Waals surface area contributed by atoms with Gasteiger partial charge in [-0.3, -0.25) is 0 Å². The topological polar surface area (TPSA) is 75.5 Å². The van der Waals surface area contributed by atoms with E-state index in [-0.39, 0.29) is 5.69 Å². The van der Waals surface area contributed by atoms with Crippen LogP contribution in [0.15, 0.2) is 12.1 Å². The van der Waals surface area contributed by atoms with Gasteiger partial charge in [0.2, 0.25) is 0 Å². The lowest BCUT2D eigenvalue weighted by molar-refractivity contribution is -0.137. The van der Waals surface area contributed by atoms with Gasteiger partial charge < -0.3 is 21.5 Å². The average Bonchev–Trinajstić information content (AvgIpc) is 2.92. The number of hydrogen-bond acceptors (Lipinski definition) is 4. The molecule has 0 fully saturated rings. The minimum atomic E-state index is -4.36. The normalized spacial score (nSPS) is 12.2. The van der Waals surface area contributed by atoms with Crippen molar-refractivity contribution in [3.8, 4) is 0 Å². The predicted octanol–water partition coefficient (Wildman–Crippen LogP) is 9.14. The van der Waals surface area contributed by atoms with Crippen molar-refractivity contribution >= 4 is 14.3 Å². The van der Waals surface area contributed by atoms with E-state index in [0.717, 1.165) is 24.3 Å². The molecule has 0 aliphatic carbocycles. The molecule has 0 amide bonds. The summed E-state index contributed by atoms with van der Waals surface area (Å²) in [6, 6.07) is 2.69. The maximum Gasteiger partial charge on any atom is 0.418 e. The molecule has 1 aromatic carbocycles. The van der Waals surface area contributed by atoms with E-state index < -0.39 is 11.7 Å². The molecule has 1 rings (SSSR count). The summed E-state index contributed by atoms with van der Waals surface area (Å²) in [5, 5.41) is 8.95. The van der Waals surface area contributed by atoms with Crippen molar-refractivity contribution in [1.82, 2.24) is 4.90 Å². The summed E-state index contributed by atoms with van der Waals surface area (Å²) in [6.07, 6.45) is 8.66. The number of nitrogens with zero attached hydrogens (tertiary/aromatic N) is 1. The first-order valence-corrected chi connectivity index (χ1v) is 16.8. The molecule has 40 heavy (non-hydrogen) atoms. The number of halogens is 3. The number of anilines is 1. The van der Waals surface area contributed by atoms with Gasteiger partial charge in [0, 0.05) is 12.3 Å². The molecule has 5 N–H and O–H groups in total. The minimum absolute atomic E-state index is 0.182. The van der Waals surface area contributed by atoms with Crippen LogP contribution in [0.3, 0.4) is 0 Å². The molecule has 3 atom stereocenters. The van der Waals surface area contributed by atoms with E-state index in [1.54, 1.807) is 19.9 Å². The summed E-state index contributed by atoms with van der Waals surface area (Å²) in [7, 11) is 7.02. The molecule has 4 nitrogen and oxygen atoms in total. The van der Waals surface area contributed by atoms with Gasteiger partial charge in [0.15, 0.2) is 0 Å². The van der Waals surface area contributed by atoms with Gasteiger partial charge in [-0.25, -0.2) is 0 Å². The maximum absolute atomic E-state index is 12.3. The molecule has 0 aliphatic heterocycles. The van der Waals surface area contributed by atoms with E-state index in [1.807, 2.05) is 13.8 Å². The molecule has 3 unspecified atom stereocenters. The Morgan fingerprint density at radius 2 is 1.48 bits per heavy atom. The third kappa shape index (κ3) is 26.0. The first-order chi connectivity index (χ1) is 18.9. The number of unbranched alkanes of at least 4 members (excludes halogenated alkanes) is 1. The van der Waals surface area contributed by atoms with Gasteiger partial charge in [0.1, 0.15) is 0 Å². The molecule has 0 radical (unpaired) electrons. The van der Waals surface area contributed by atoms with Crippen LogP contribution in [-0.2, 0) is 6.18 Å². The molecule has 8 heteroatoms. The number of aliphatic hydroxyl groups is 1. The zero-order valence-corrected chi connectivity index (χ0v) is 29.0. The highest BCUT2D eigenvalue weighted by molar-refractivity contribution is 7.37. The first kappa shape index (κ1) is 46.1. The quantitative estimate of drug-likeness (QED) is 0.114. The number of hydrogen-bond donors (Lipinski definition) is 3. The summed E-state index contributed by atoms with van der Waals surface area (Å²) >= 11 is 0. The van der Waals surface area contributed by atoms with E-state index in [2.05, 4.69) is 52.4 Å². The second kappa shape index (κ2) is 31.1. The Morgan fingerprint density at radius 3 is 1.88 bits per heavy atom. The van der Waals surface area contributed by atoms with Crippen molar-refractivity contribution in [2.75, 3.05) is 52.4 Å². The van der Waals surface area contributed by atoms with E-state index in [9.17, 15) is 13.2 Å². The standard InChI is InChI=1S/C14H31NO.C9H10F3N.C6H15P.C2H6.CH5N/c1-5-8-14(9-7-12-16)13(6-2)10-11-15(3)4;1-5-3-6(2)8(13)7(4-5)9(10,11)12;1-3-5-6-7-4-2;2*1-2/h13-14,16H,5-12H2,1-4H3;3-4H,13H2,1-2H3;7H,3-6H2,1-2H3;1-2H3;2H2,1H3. The molecular weight excluding hydrogens is 530 g/mol. The minimum Gasteiger partial charge on any atom is -0.398 e. The lowest BCUT2D eigenvalue weighted by atomic mass is 9.81. The molecule has 0 heterocycles. The van der Waals surface area contributed by atoms with E-state index in [1.165, 1.54) is 79.4 Å². The smallest absolute Gasteiger partial charge is 0.398 e. The molecule has 0 saturated heterocycles. The van der Waals surface area contributed by atoms with Crippen molar-refractivity contribution < 1.29 is 18.3 Å². The van der Waals surface area contributed by atoms with Crippen LogP contribution in [0.1, 0.15) is 110 Å². The van der Waals surface area contributed by atoms with E-state index in [0.29, 0.717) is 17.7 Å². The van der Waals surface area contributed by atoms with Gasteiger partial charge in [-0.2, -0.15) is 13.2 Å². The van der Waals surface area contributed by atoms with Crippen LogP contribution in [-0.4, -0.2) is 56.6 Å². The fourth-order valence-electron chi connectivity index (χ4n) is 4.23. The number of benzene rings is 1. The van der Waals surface area contributed by atoms with Crippen LogP contribution < -0.4 is 11.5 Å². The number of aliphatic hydroxyl groups excluding tert-OH is 1. The van der Waals surface area contributed by atoms with Crippen molar-refractivity contribution in [3.63, 3.8) is 0 Å². The van der Waals surface area contributed by atoms with Gasteiger partial charge in [-0.1, -0.05) is 78.9 Å². The van der Waals surface area contributed by atoms with Crippen LogP contribution in [0.2, 0.25) is 0 Å². The number of nitrogens with two attached hydrogens (primary N) is 2.